The summed E-state index contributed by atoms with van der Waals surface area (Å²) in [5.74, 6) is 1.97. The van der Waals surface area contributed by atoms with Gasteiger partial charge in [0.1, 0.15) is 11.9 Å². The summed E-state index contributed by atoms with van der Waals surface area (Å²) in [5.41, 5.74) is 4.36. The SMILES string of the molecule is CC1(C)C=C2C3CCC4C5(C)CCC(OC(=O)C=Cc6ccc(O)cc6)C(C)(C)C5CCC4(C)C3(C)CCC2(C)CC1. The number of ether oxygens (including phenoxy) is 1. The van der Waals surface area contributed by atoms with E-state index in [1.165, 1.54) is 51.4 Å². The molecule has 4 fully saturated rings. The maximum atomic E-state index is 13.0. The van der Waals surface area contributed by atoms with Crippen molar-refractivity contribution in [2.24, 2.45) is 50.2 Å². The van der Waals surface area contributed by atoms with Crippen LogP contribution in [0.1, 0.15) is 125 Å². The number of carbonyl (C=O) groups excluding carboxylic acids is 1. The summed E-state index contributed by atoms with van der Waals surface area (Å²) in [6.07, 6.45) is 18.7. The van der Waals surface area contributed by atoms with E-state index in [2.05, 4.69) is 61.5 Å². The Bertz CT molecular complexity index is 1280. The Hall–Kier alpha value is -2.03. The molecule has 0 heterocycles. The number of phenolic OH excluding ortho intramolecular Hbond substituents is 1. The molecular formula is C39H56O3. The van der Waals surface area contributed by atoms with E-state index in [-0.39, 0.29) is 28.7 Å². The van der Waals surface area contributed by atoms with Crippen molar-refractivity contribution >= 4 is 12.0 Å². The summed E-state index contributed by atoms with van der Waals surface area (Å²) >= 11 is 0. The third kappa shape index (κ3) is 4.45. The molecule has 0 radical (unpaired) electrons. The van der Waals surface area contributed by atoms with Crippen LogP contribution in [-0.2, 0) is 9.53 Å². The summed E-state index contributed by atoms with van der Waals surface area (Å²) in [6, 6.07) is 6.89. The van der Waals surface area contributed by atoms with Gasteiger partial charge in [-0.2, -0.15) is 0 Å². The summed E-state index contributed by atoms with van der Waals surface area (Å²) in [6.45, 7) is 20.3. The molecule has 3 heteroatoms. The van der Waals surface area contributed by atoms with Crippen LogP contribution in [0.3, 0.4) is 0 Å². The molecule has 5 aliphatic rings. The van der Waals surface area contributed by atoms with Gasteiger partial charge in [0.05, 0.1) is 0 Å². The molecule has 0 saturated heterocycles. The highest BCUT2D eigenvalue weighted by molar-refractivity contribution is 5.87. The van der Waals surface area contributed by atoms with Gasteiger partial charge in [-0.05, 0) is 133 Å². The number of hydrogen-bond acceptors (Lipinski definition) is 3. The van der Waals surface area contributed by atoms with E-state index >= 15 is 0 Å². The van der Waals surface area contributed by atoms with Crippen molar-refractivity contribution in [2.75, 3.05) is 0 Å². The Morgan fingerprint density at radius 3 is 2.19 bits per heavy atom. The largest absolute Gasteiger partial charge is 0.508 e. The van der Waals surface area contributed by atoms with Crippen LogP contribution in [0.2, 0.25) is 0 Å². The molecule has 0 spiro atoms. The quantitative estimate of drug-likeness (QED) is 0.223. The molecule has 6 rings (SSSR count). The molecule has 1 aromatic carbocycles. The number of benzene rings is 1. The maximum absolute atomic E-state index is 13.0. The number of carbonyl (C=O) groups is 1. The van der Waals surface area contributed by atoms with E-state index in [1.807, 2.05) is 17.7 Å². The van der Waals surface area contributed by atoms with E-state index in [1.54, 1.807) is 24.3 Å². The van der Waals surface area contributed by atoms with Crippen LogP contribution >= 0.6 is 0 Å². The Balaban J connectivity index is 1.23. The van der Waals surface area contributed by atoms with Crippen LogP contribution in [0.25, 0.3) is 6.08 Å². The summed E-state index contributed by atoms with van der Waals surface area (Å²) in [4.78, 5) is 13.0. The predicted octanol–water partition coefficient (Wildman–Crippen LogP) is 10.1. The number of esters is 1. The number of rotatable bonds is 3. The van der Waals surface area contributed by atoms with Gasteiger partial charge < -0.3 is 9.84 Å². The first-order chi connectivity index (χ1) is 19.5. The number of fused-ring (bicyclic) bond motifs is 7. The third-order valence-corrected chi connectivity index (χ3v) is 14.5. The van der Waals surface area contributed by atoms with Crippen LogP contribution < -0.4 is 0 Å². The molecule has 1 N–H and O–H groups in total. The first-order valence-corrected chi connectivity index (χ1v) is 17.0. The van der Waals surface area contributed by atoms with Gasteiger partial charge in [0.25, 0.3) is 0 Å². The van der Waals surface area contributed by atoms with Crippen LogP contribution in [0.15, 0.2) is 42.0 Å². The molecular weight excluding hydrogens is 516 g/mol. The van der Waals surface area contributed by atoms with E-state index in [0.29, 0.717) is 27.6 Å². The van der Waals surface area contributed by atoms with E-state index in [9.17, 15) is 9.90 Å². The van der Waals surface area contributed by atoms with Crippen molar-refractivity contribution in [2.45, 2.75) is 126 Å². The monoisotopic (exact) mass is 572 g/mol. The minimum atomic E-state index is -0.257. The summed E-state index contributed by atoms with van der Waals surface area (Å²) < 4.78 is 6.22. The predicted molar refractivity (Wildman–Crippen MR) is 172 cm³/mol. The van der Waals surface area contributed by atoms with Gasteiger partial charge in [-0.1, -0.05) is 79.2 Å². The molecule has 4 saturated carbocycles. The maximum Gasteiger partial charge on any atom is 0.331 e. The average molecular weight is 573 g/mol. The second-order valence-corrected chi connectivity index (χ2v) is 17.5. The normalized spacial score (nSPS) is 43.8. The molecule has 0 amide bonds. The highest BCUT2D eigenvalue weighted by atomic mass is 16.5. The van der Waals surface area contributed by atoms with E-state index in [4.69, 9.17) is 4.74 Å². The van der Waals surface area contributed by atoms with Crippen molar-refractivity contribution in [3.63, 3.8) is 0 Å². The molecule has 0 bridgehead atoms. The minimum absolute atomic E-state index is 0.0603. The van der Waals surface area contributed by atoms with Gasteiger partial charge in [-0.25, -0.2) is 4.79 Å². The Morgan fingerprint density at radius 2 is 1.48 bits per heavy atom. The summed E-state index contributed by atoms with van der Waals surface area (Å²) in [7, 11) is 0. The molecule has 0 aliphatic heterocycles. The Morgan fingerprint density at radius 1 is 0.786 bits per heavy atom. The van der Waals surface area contributed by atoms with Crippen LogP contribution in [0.5, 0.6) is 5.75 Å². The molecule has 8 unspecified atom stereocenters. The van der Waals surface area contributed by atoms with Crippen molar-refractivity contribution in [3.8, 4) is 5.75 Å². The van der Waals surface area contributed by atoms with Crippen molar-refractivity contribution in [3.05, 3.63) is 47.6 Å². The third-order valence-electron chi connectivity index (χ3n) is 14.5. The molecule has 5 aliphatic carbocycles. The number of aromatic hydroxyl groups is 1. The lowest BCUT2D eigenvalue weighted by atomic mass is 9.32. The van der Waals surface area contributed by atoms with Gasteiger partial charge in [-0.15, -0.1) is 0 Å². The standard InChI is InChI=1S/C39H56O3/c1-34(2)21-22-36(5)23-24-38(7)28(29(36)25-34)14-15-31-37(6)19-18-32(35(3,4)30(37)17-20-39(31,38)8)42-33(41)16-11-26-9-12-27(40)13-10-26/h9-13,16,25,28,30-32,40H,14-15,17-24H2,1-8H3. The smallest absolute Gasteiger partial charge is 0.331 e. The molecule has 3 nitrogen and oxygen atoms in total. The van der Waals surface area contributed by atoms with Gasteiger partial charge >= 0.3 is 5.97 Å². The Kier molecular flexibility index (Phi) is 6.96. The lowest BCUT2D eigenvalue weighted by Crippen LogP contribution is -2.66. The van der Waals surface area contributed by atoms with Gasteiger partial charge in [0, 0.05) is 11.5 Å². The van der Waals surface area contributed by atoms with E-state index in [0.717, 1.165) is 30.2 Å². The fraction of sp³-hybridized carbons (Fsp3) is 0.718. The highest BCUT2D eigenvalue weighted by Crippen LogP contribution is 2.76. The molecule has 230 valence electrons. The second kappa shape index (κ2) is 9.73. The summed E-state index contributed by atoms with van der Waals surface area (Å²) in [5, 5.41) is 9.54. The van der Waals surface area contributed by atoms with E-state index < -0.39 is 0 Å². The van der Waals surface area contributed by atoms with Crippen LogP contribution in [0.4, 0.5) is 0 Å². The molecule has 1 aromatic rings. The number of allylic oxidation sites excluding steroid dienone is 2. The van der Waals surface area contributed by atoms with Crippen molar-refractivity contribution in [1.82, 2.24) is 0 Å². The van der Waals surface area contributed by atoms with Gasteiger partial charge in [0.2, 0.25) is 0 Å². The molecule has 8 atom stereocenters. The molecule has 42 heavy (non-hydrogen) atoms. The minimum Gasteiger partial charge on any atom is -0.508 e. The Labute approximate surface area is 255 Å². The lowest BCUT2D eigenvalue weighted by Gasteiger charge is -2.72. The zero-order valence-corrected chi connectivity index (χ0v) is 27.7. The van der Waals surface area contributed by atoms with Crippen LogP contribution in [-0.4, -0.2) is 17.2 Å². The first-order valence-electron chi connectivity index (χ1n) is 17.0. The fourth-order valence-corrected chi connectivity index (χ4v) is 11.7. The lowest BCUT2D eigenvalue weighted by molar-refractivity contribution is -0.232. The fourth-order valence-electron chi connectivity index (χ4n) is 11.7. The first kappa shape index (κ1) is 30.0. The zero-order valence-electron chi connectivity index (χ0n) is 27.7. The van der Waals surface area contributed by atoms with Crippen molar-refractivity contribution < 1.29 is 14.6 Å². The van der Waals surface area contributed by atoms with Gasteiger partial charge in [0.15, 0.2) is 0 Å². The number of hydrogen-bond donors (Lipinski definition) is 1. The topological polar surface area (TPSA) is 46.5 Å². The second-order valence-electron chi connectivity index (χ2n) is 17.5. The molecule has 0 aromatic heterocycles. The average Bonchev–Trinajstić information content (AvgIpc) is 2.91. The highest BCUT2D eigenvalue weighted by Gasteiger charge is 2.69. The van der Waals surface area contributed by atoms with Crippen LogP contribution in [0, 0.1) is 50.2 Å². The zero-order chi connectivity index (χ0) is 30.3. The van der Waals surface area contributed by atoms with Gasteiger partial charge in [-0.3, -0.25) is 0 Å². The van der Waals surface area contributed by atoms with Crippen molar-refractivity contribution in [1.29, 1.82) is 0 Å². The number of phenols is 1.